The van der Waals surface area contributed by atoms with Gasteiger partial charge in [0.1, 0.15) is 0 Å². The summed E-state index contributed by atoms with van der Waals surface area (Å²) >= 11 is 12.8. The lowest BCUT2D eigenvalue weighted by Crippen LogP contribution is -2.53. The summed E-state index contributed by atoms with van der Waals surface area (Å²) in [5, 5.41) is 9.43. The number of alkyl halides is 3. The molecule has 2 atom stereocenters. The van der Waals surface area contributed by atoms with Crippen LogP contribution in [-0.4, -0.2) is 37.5 Å². The minimum absolute atomic E-state index is 0.0921. The van der Waals surface area contributed by atoms with E-state index >= 15 is 0 Å². The van der Waals surface area contributed by atoms with E-state index in [0.717, 1.165) is 25.1 Å². The van der Waals surface area contributed by atoms with Crippen molar-refractivity contribution in [3.05, 3.63) is 0 Å². The first-order valence-corrected chi connectivity index (χ1v) is 18.0. The third-order valence-corrected chi connectivity index (χ3v) is 20.5. The molecule has 0 heterocycles. The Hall–Kier alpha value is 1.60. The van der Waals surface area contributed by atoms with E-state index < -0.39 is 16.6 Å². The molecule has 2 nitrogen and oxygen atoms in total. The first-order valence-electron chi connectivity index (χ1n) is 10.1. The Kier molecular flexibility index (Phi) is 10.9. The van der Waals surface area contributed by atoms with Crippen LogP contribution in [-0.2, 0) is 4.12 Å². The Morgan fingerprint density at radius 1 is 0.889 bits per heavy atom. The van der Waals surface area contributed by atoms with Gasteiger partial charge >= 0.3 is 0 Å². The van der Waals surface area contributed by atoms with Crippen LogP contribution in [0.4, 0.5) is 0 Å². The van der Waals surface area contributed by atoms with Gasteiger partial charge in [-0.1, -0.05) is 73.4 Å². The molecule has 1 fully saturated rings. The third-order valence-electron chi connectivity index (χ3n) is 6.58. The summed E-state index contributed by atoms with van der Waals surface area (Å²) in [4.78, 5) is 0. The predicted molar refractivity (Wildman–Crippen MR) is 135 cm³/mol. The molecule has 0 aromatic carbocycles. The van der Waals surface area contributed by atoms with Gasteiger partial charge in [0.05, 0.1) is 3.23 Å². The Bertz CT molecular complexity index is 434. The summed E-state index contributed by atoms with van der Waals surface area (Å²) < 4.78 is 6.72. The molecule has 1 saturated carbocycles. The van der Waals surface area contributed by atoms with Gasteiger partial charge in [-0.25, -0.2) is 0 Å². The second-order valence-electron chi connectivity index (χ2n) is 10.9. The van der Waals surface area contributed by atoms with Crippen molar-refractivity contribution in [2.75, 3.05) is 12.5 Å². The highest BCUT2D eigenvalue weighted by Crippen LogP contribution is 2.65. The van der Waals surface area contributed by atoms with Crippen LogP contribution >= 0.6 is 43.5 Å². The normalized spacial score (nSPS) is 22.9. The summed E-state index contributed by atoms with van der Waals surface area (Å²) in [5.74, 6) is 1.95. The fourth-order valence-electron chi connectivity index (χ4n) is 2.63. The van der Waals surface area contributed by atoms with Gasteiger partial charge in [-0.05, 0) is 67.4 Å². The van der Waals surface area contributed by atoms with Crippen LogP contribution in [0.15, 0.2) is 0 Å². The molecule has 0 spiro atoms. The van der Waals surface area contributed by atoms with Gasteiger partial charge in [0.25, 0.3) is 0 Å². The molecular formula is C20H43Br2ClO2Si2. The maximum atomic E-state index is 8.78. The molecule has 0 radical (unpaired) electrons. The van der Waals surface area contributed by atoms with Crippen molar-refractivity contribution >= 4 is 60.1 Å². The van der Waals surface area contributed by atoms with Gasteiger partial charge < -0.3 is 9.22 Å². The van der Waals surface area contributed by atoms with Crippen molar-refractivity contribution in [1.29, 1.82) is 0 Å². The van der Waals surface area contributed by atoms with Crippen molar-refractivity contribution in [1.82, 2.24) is 0 Å². The smallest absolute Gasteiger partial charge is 0.178 e. The van der Waals surface area contributed by atoms with E-state index in [1.54, 1.807) is 0 Å². The number of aliphatic hydroxyl groups is 1. The summed E-state index contributed by atoms with van der Waals surface area (Å²) in [6, 6.07) is 0. The average molecular weight is 567 g/mol. The van der Waals surface area contributed by atoms with Gasteiger partial charge in [-0.2, -0.15) is 0 Å². The third kappa shape index (κ3) is 8.33. The highest BCUT2D eigenvalue weighted by Gasteiger charge is 2.60. The van der Waals surface area contributed by atoms with Gasteiger partial charge in [-0.15, -0.1) is 11.6 Å². The van der Waals surface area contributed by atoms with E-state index in [1.165, 1.54) is 0 Å². The number of aliphatic hydroxyl groups excluding tert-OH is 1. The predicted octanol–water partition coefficient (Wildman–Crippen LogP) is 8.13. The lowest BCUT2D eigenvalue weighted by Gasteiger charge is -2.47. The molecule has 0 aromatic rings. The Morgan fingerprint density at radius 2 is 1.26 bits per heavy atom. The zero-order valence-electron chi connectivity index (χ0n) is 19.2. The Morgan fingerprint density at radius 3 is 1.56 bits per heavy atom. The lowest BCUT2D eigenvalue weighted by molar-refractivity contribution is 0.276. The summed E-state index contributed by atoms with van der Waals surface area (Å²) in [5.41, 5.74) is 0. The number of hydrogen-bond donors (Lipinski definition) is 1. The maximum Gasteiger partial charge on any atom is 0.178 e. The summed E-state index contributed by atoms with van der Waals surface area (Å²) in [6.45, 7) is 23.6. The van der Waals surface area contributed by atoms with E-state index in [1.807, 2.05) is 0 Å². The van der Waals surface area contributed by atoms with Crippen LogP contribution in [0.25, 0.3) is 0 Å². The molecule has 0 bridgehead atoms. The fourth-order valence-corrected chi connectivity index (χ4v) is 12.3. The largest absolute Gasteiger partial charge is 0.455 e. The Balaban J connectivity index is 0.000000511. The van der Waals surface area contributed by atoms with Crippen molar-refractivity contribution in [2.24, 2.45) is 11.8 Å². The van der Waals surface area contributed by atoms with Crippen molar-refractivity contribution in [3.63, 3.8) is 0 Å². The molecule has 7 heteroatoms. The van der Waals surface area contributed by atoms with Gasteiger partial charge in [0.15, 0.2) is 16.6 Å². The molecule has 0 aromatic heterocycles. The molecule has 1 aliphatic rings. The maximum absolute atomic E-state index is 8.78. The standard InChI is InChI=1S/C12H30OSi2.C8H13Br2ClO/c1-11(2,3)14(7,8)13-15(9,10)12(4,5)6;9-8(10)6(2-1-4-11)7(8)3-5-12/h1-10H3;6-7,12H,1-5H2. The van der Waals surface area contributed by atoms with Crippen LogP contribution in [0.2, 0.25) is 36.3 Å². The first-order chi connectivity index (χ1) is 11.8. The summed E-state index contributed by atoms with van der Waals surface area (Å²) in [7, 11) is -3.18. The van der Waals surface area contributed by atoms with Crippen molar-refractivity contribution in [2.45, 2.75) is 100 Å². The van der Waals surface area contributed by atoms with E-state index in [4.69, 9.17) is 20.8 Å². The molecule has 27 heavy (non-hydrogen) atoms. The SMILES string of the molecule is CC(C)(C)[Si](C)(C)O[Si](C)(C)C(C)(C)C.OCCC1C(CCCCl)C1(Br)Br. The van der Waals surface area contributed by atoms with E-state index in [0.29, 0.717) is 21.9 Å². The van der Waals surface area contributed by atoms with Crippen LogP contribution < -0.4 is 0 Å². The monoisotopic (exact) mass is 564 g/mol. The molecule has 1 rings (SSSR count). The molecular weight excluding hydrogens is 524 g/mol. The zero-order chi connectivity index (χ0) is 21.9. The van der Waals surface area contributed by atoms with Crippen LogP contribution in [0, 0.1) is 11.8 Å². The van der Waals surface area contributed by atoms with E-state index in [2.05, 4.69) is 99.6 Å². The van der Waals surface area contributed by atoms with Crippen molar-refractivity contribution in [3.8, 4) is 0 Å². The summed E-state index contributed by atoms with van der Waals surface area (Å²) in [6.07, 6.45) is 3.08. The van der Waals surface area contributed by atoms with Gasteiger partial charge in [0, 0.05) is 12.5 Å². The van der Waals surface area contributed by atoms with Crippen LogP contribution in [0.3, 0.4) is 0 Å². The molecule has 164 valence electrons. The lowest BCUT2D eigenvalue weighted by atomic mass is 10.2. The molecule has 2 unspecified atom stereocenters. The van der Waals surface area contributed by atoms with Crippen molar-refractivity contribution < 1.29 is 9.22 Å². The topological polar surface area (TPSA) is 29.5 Å². The average Bonchev–Trinajstić information content (AvgIpc) is 2.94. The fraction of sp³-hybridized carbons (Fsp3) is 1.00. The van der Waals surface area contributed by atoms with Crippen LogP contribution in [0.1, 0.15) is 60.8 Å². The minimum Gasteiger partial charge on any atom is -0.455 e. The molecule has 1 aliphatic carbocycles. The number of hydrogen-bond acceptors (Lipinski definition) is 2. The molecule has 0 aliphatic heterocycles. The Labute approximate surface area is 193 Å². The second-order valence-corrected chi connectivity index (χ2v) is 24.8. The van der Waals surface area contributed by atoms with Crippen LogP contribution in [0.5, 0.6) is 0 Å². The number of halogens is 3. The highest BCUT2D eigenvalue weighted by molar-refractivity contribution is 9.25. The highest BCUT2D eigenvalue weighted by atomic mass is 79.9. The zero-order valence-corrected chi connectivity index (χ0v) is 25.1. The quantitative estimate of drug-likeness (QED) is 0.249. The molecule has 0 amide bonds. The number of rotatable bonds is 7. The van der Waals surface area contributed by atoms with Gasteiger partial charge in [0.2, 0.25) is 0 Å². The second kappa shape index (κ2) is 10.3. The molecule has 0 saturated heterocycles. The minimum atomic E-state index is -1.59. The van der Waals surface area contributed by atoms with Gasteiger partial charge in [-0.3, -0.25) is 0 Å². The first kappa shape index (κ1) is 28.6. The van der Waals surface area contributed by atoms with E-state index in [-0.39, 0.29) is 9.84 Å². The molecule has 1 N–H and O–H groups in total. The van der Waals surface area contributed by atoms with E-state index in [9.17, 15) is 0 Å².